The minimum Gasteiger partial charge on any atom is -0.353 e. The van der Waals surface area contributed by atoms with E-state index in [2.05, 4.69) is 38.3 Å². The molecule has 9 aliphatic rings. The Hall–Kier alpha value is -1.06. The van der Waals surface area contributed by atoms with Gasteiger partial charge in [-0.15, -0.1) is 0 Å². The van der Waals surface area contributed by atoms with Crippen LogP contribution in [-0.2, 0) is 9.59 Å². The van der Waals surface area contributed by atoms with E-state index in [1.807, 2.05) is 0 Å². The first kappa shape index (κ1) is 24.0. The minimum absolute atomic E-state index is 0.136. The number of carbonyl (C=O) groups excluding carboxylic acids is 2. The third-order valence-corrected chi connectivity index (χ3v) is 12.6. The Kier molecular flexibility index (Phi) is 4.88. The maximum Gasteiger partial charge on any atom is 0.226 e. The van der Waals surface area contributed by atoms with Crippen molar-refractivity contribution < 1.29 is 9.59 Å². The first-order chi connectivity index (χ1) is 16.8. The molecule has 4 heteroatoms. The van der Waals surface area contributed by atoms with Gasteiger partial charge < -0.3 is 10.6 Å². The van der Waals surface area contributed by atoms with Crippen molar-refractivity contribution in [1.82, 2.24) is 10.6 Å². The Morgan fingerprint density at radius 2 is 0.917 bits per heavy atom. The molecule has 9 fully saturated rings. The number of amides is 2. The fourth-order valence-corrected chi connectivity index (χ4v) is 13.5. The van der Waals surface area contributed by atoms with Gasteiger partial charge in [0, 0.05) is 12.1 Å². The van der Waals surface area contributed by atoms with Crippen LogP contribution in [0, 0.1) is 44.3 Å². The molecule has 2 amide bonds. The Morgan fingerprint density at radius 3 is 1.25 bits per heavy atom. The van der Waals surface area contributed by atoms with E-state index in [9.17, 15) is 9.59 Å². The third-order valence-electron chi connectivity index (χ3n) is 12.6. The lowest BCUT2D eigenvalue weighted by atomic mass is 9.40. The van der Waals surface area contributed by atoms with Crippen LogP contribution in [0.5, 0.6) is 0 Å². The molecule has 2 N–H and O–H groups in total. The zero-order chi connectivity index (χ0) is 25.2. The summed E-state index contributed by atoms with van der Waals surface area (Å²) in [5, 5.41) is 7.14. The molecule has 0 radical (unpaired) electrons. The van der Waals surface area contributed by atoms with Crippen molar-refractivity contribution >= 4 is 11.8 Å². The first-order valence-electron chi connectivity index (χ1n) is 15.4. The van der Waals surface area contributed by atoms with Gasteiger partial charge in [-0.1, -0.05) is 27.7 Å². The van der Waals surface area contributed by atoms with Gasteiger partial charge in [-0.05, 0) is 136 Å². The molecule has 0 aliphatic heterocycles. The SMILES string of the molecule is CC12CC3CC(C)(C1)CC(C(=O)NC1CCCC(NC(=O)C45CC6CC(C)(CC(C)(C6)C4)C5)C1)(C3)C2. The van der Waals surface area contributed by atoms with Crippen LogP contribution < -0.4 is 10.6 Å². The Balaban J connectivity index is 1.01. The van der Waals surface area contributed by atoms with Crippen LogP contribution >= 0.6 is 0 Å². The maximum absolute atomic E-state index is 13.9. The molecular weight excluding hydrogens is 444 g/mol. The highest BCUT2D eigenvalue weighted by molar-refractivity contribution is 5.84. The van der Waals surface area contributed by atoms with E-state index < -0.39 is 0 Å². The summed E-state index contributed by atoms with van der Waals surface area (Å²) in [5.74, 6) is 2.18. The average Bonchev–Trinajstić information content (AvgIpc) is 2.68. The molecule has 0 aromatic rings. The molecule has 0 heterocycles. The molecule has 36 heavy (non-hydrogen) atoms. The summed E-state index contributed by atoms with van der Waals surface area (Å²) in [6, 6.07) is 0.438. The second kappa shape index (κ2) is 7.32. The largest absolute Gasteiger partial charge is 0.353 e. The summed E-state index contributed by atoms with van der Waals surface area (Å²) in [4.78, 5) is 27.8. The van der Waals surface area contributed by atoms with Crippen molar-refractivity contribution in [2.24, 2.45) is 44.3 Å². The summed E-state index contributed by atoms with van der Waals surface area (Å²) in [6.45, 7) is 9.81. The highest BCUT2D eigenvalue weighted by Crippen LogP contribution is 2.70. The van der Waals surface area contributed by atoms with Crippen LogP contribution in [0.4, 0.5) is 0 Å². The van der Waals surface area contributed by atoms with Crippen LogP contribution in [0.1, 0.15) is 130 Å². The lowest BCUT2D eigenvalue weighted by Gasteiger charge is -2.64. The van der Waals surface area contributed by atoms with Gasteiger partial charge in [0.05, 0.1) is 10.8 Å². The van der Waals surface area contributed by atoms with E-state index in [4.69, 9.17) is 0 Å². The minimum atomic E-state index is -0.136. The number of hydrogen-bond donors (Lipinski definition) is 2. The van der Waals surface area contributed by atoms with E-state index in [1.165, 1.54) is 38.5 Å². The number of carbonyl (C=O) groups is 2. The normalized spacial score (nSPS) is 56.6. The number of nitrogens with one attached hydrogen (secondary N) is 2. The van der Waals surface area contributed by atoms with Crippen LogP contribution in [0.2, 0.25) is 0 Å². The van der Waals surface area contributed by atoms with E-state index in [0.29, 0.717) is 33.5 Å². The lowest BCUT2D eigenvalue weighted by molar-refractivity contribution is -0.171. The topological polar surface area (TPSA) is 58.2 Å². The quantitative estimate of drug-likeness (QED) is 0.467. The number of rotatable bonds is 4. The van der Waals surface area contributed by atoms with Gasteiger partial charge in [-0.25, -0.2) is 0 Å². The van der Waals surface area contributed by atoms with E-state index >= 15 is 0 Å². The highest BCUT2D eigenvalue weighted by Gasteiger charge is 2.64. The molecule has 0 aromatic heterocycles. The van der Waals surface area contributed by atoms with Crippen molar-refractivity contribution in [2.75, 3.05) is 0 Å². The van der Waals surface area contributed by atoms with Gasteiger partial charge in [0.25, 0.3) is 0 Å². The van der Waals surface area contributed by atoms with Crippen LogP contribution in [0.15, 0.2) is 0 Å². The summed E-state index contributed by atoms with van der Waals surface area (Å²) in [5.41, 5.74) is 1.17. The van der Waals surface area contributed by atoms with Gasteiger partial charge in [-0.2, -0.15) is 0 Å². The first-order valence-corrected chi connectivity index (χ1v) is 15.4. The third kappa shape index (κ3) is 3.73. The van der Waals surface area contributed by atoms with Crippen molar-refractivity contribution in [3.63, 3.8) is 0 Å². The molecule has 8 bridgehead atoms. The van der Waals surface area contributed by atoms with Crippen LogP contribution in [0.25, 0.3) is 0 Å². The van der Waals surface area contributed by atoms with E-state index in [-0.39, 0.29) is 22.9 Å². The summed E-state index contributed by atoms with van der Waals surface area (Å²) >= 11 is 0. The fourth-order valence-electron chi connectivity index (χ4n) is 13.5. The van der Waals surface area contributed by atoms with Crippen molar-refractivity contribution in [1.29, 1.82) is 0 Å². The molecular formula is C32H50N2O2. The molecule has 4 nitrogen and oxygen atoms in total. The predicted molar refractivity (Wildman–Crippen MR) is 142 cm³/mol. The predicted octanol–water partition coefficient (Wildman–Crippen LogP) is 6.52. The van der Waals surface area contributed by atoms with Gasteiger partial charge in [0.2, 0.25) is 11.8 Å². The van der Waals surface area contributed by atoms with Gasteiger partial charge >= 0.3 is 0 Å². The molecule has 0 aromatic carbocycles. The molecule has 9 rings (SSSR count). The molecule has 200 valence electrons. The van der Waals surface area contributed by atoms with Gasteiger partial charge in [-0.3, -0.25) is 9.59 Å². The zero-order valence-corrected chi connectivity index (χ0v) is 23.4. The Morgan fingerprint density at radius 1 is 0.556 bits per heavy atom. The maximum atomic E-state index is 13.9. The van der Waals surface area contributed by atoms with E-state index in [1.54, 1.807) is 0 Å². The summed E-state index contributed by atoms with van der Waals surface area (Å²) < 4.78 is 0. The zero-order valence-electron chi connectivity index (χ0n) is 23.4. The van der Waals surface area contributed by atoms with Crippen molar-refractivity contribution in [3.8, 4) is 0 Å². The van der Waals surface area contributed by atoms with Crippen molar-refractivity contribution in [3.05, 3.63) is 0 Å². The van der Waals surface area contributed by atoms with Crippen LogP contribution in [-0.4, -0.2) is 23.9 Å². The summed E-state index contributed by atoms with van der Waals surface area (Å²) in [6.07, 6.45) is 18.7. The molecule has 0 saturated heterocycles. The van der Waals surface area contributed by atoms with Gasteiger partial charge in [0.1, 0.15) is 0 Å². The fraction of sp³-hybridized carbons (Fsp3) is 0.938. The molecule has 6 atom stereocenters. The Labute approximate surface area is 218 Å². The second-order valence-corrected chi connectivity index (χ2v) is 17.3. The Bertz CT molecular complexity index is 875. The molecule has 9 aliphatic carbocycles. The lowest BCUT2D eigenvalue weighted by Crippen LogP contribution is -2.62. The molecule has 9 saturated carbocycles. The second-order valence-electron chi connectivity index (χ2n) is 17.3. The van der Waals surface area contributed by atoms with Crippen LogP contribution in [0.3, 0.4) is 0 Å². The highest BCUT2D eigenvalue weighted by atomic mass is 16.2. The monoisotopic (exact) mass is 494 g/mol. The molecule has 0 spiro atoms. The standard InChI is InChI=1S/C32H50N2O2/c1-27-9-21-10-28(2,15-27)18-31(13-21,17-27)25(35)33-23-6-5-7-24(8-23)34-26(36)32-14-22-11-29(3,19-32)16-30(4,12-22)20-32/h21-24H,5-20H2,1-4H3,(H,33,35)(H,34,36). The van der Waals surface area contributed by atoms with E-state index in [0.717, 1.165) is 76.0 Å². The molecule has 6 unspecified atom stereocenters. The average molecular weight is 495 g/mol. The smallest absolute Gasteiger partial charge is 0.226 e. The van der Waals surface area contributed by atoms with Crippen molar-refractivity contribution in [2.45, 2.75) is 143 Å². The number of hydrogen-bond acceptors (Lipinski definition) is 2. The van der Waals surface area contributed by atoms with Gasteiger partial charge in [0.15, 0.2) is 0 Å². The summed E-state index contributed by atoms with van der Waals surface area (Å²) in [7, 11) is 0.